The number of carbonyl (C=O) groups is 2. The maximum Gasteiger partial charge on any atom is 0.333 e. The van der Waals surface area contributed by atoms with Gasteiger partial charge < -0.3 is 19.7 Å². The number of sulfonamides is 2. The van der Waals surface area contributed by atoms with Crippen LogP contribution in [0.1, 0.15) is 157 Å². The normalized spacial score (nSPS) is 17.9. The number of esters is 1. The second-order valence-corrected chi connectivity index (χ2v) is 21.9. The van der Waals surface area contributed by atoms with E-state index in [0.717, 1.165) is 17.7 Å². The molecule has 19 heteroatoms. The van der Waals surface area contributed by atoms with Crippen LogP contribution in [-0.4, -0.2) is 78.0 Å². The van der Waals surface area contributed by atoms with Gasteiger partial charge in [0, 0.05) is 78.6 Å². The number of ether oxygens (including phenoxy) is 2. The van der Waals surface area contributed by atoms with Gasteiger partial charge in [-0.25, -0.2) is 48.6 Å². The molecule has 3 unspecified atom stereocenters. The summed E-state index contributed by atoms with van der Waals surface area (Å²) < 4.78 is 145. The molecule has 69 heavy (non-hydrogen) atoms. The topological polar surface area (TPSA) is 173 Å². The van der Waals surface area contributed by atoms with Gasteiger partial charge in [-0.15, -0.1) is 0 Å². The van der Waals surface area contributed by atoms with Crippen LogP contribution in [0.2, 0.25) is 0 Å². The first-order valence-corrected chi connectivity index (χ1v) is 27.2. The number of amides is 1. The van der Waals surface area contributed by atoms with Crippen molar-refractivity contribution in [3.63, 3.8) is 0 Å². The lowest BCUT2D eigenvalue weighted by molar-refractivity contribution is -0.146. The lowest BCUT2D eigenvalue weighted by atomic mass is 9.83. The number of nitrogens with zero attached hydrogens (tertiary/aromatic N) is 2. The third-order valence-corrected chi connectivity index (χ3v) is 16.8. The van der Waals surface area contributed by atoms with Crippen LogP contribution in [0.4, 0.5) is 23.2 Å². The largest absolute Gasteiger partial charge is 0.459 e. The summed E-state index contributed by atoms with van der Waals surface area (Å²) in [7, 11) is -9.35. The average molecular weight is 1000 g/mol. The molecule has 0 aromatic heterocycles. The fraction of sp³-hybridized carbons (Fsp3) is 0.540. The van der Waals surface area contributed by atoms with Crippen molar-refractivity contribution in [2.45, 2.75) is 159 Å². The van der Waals surface area contributed by atoms with E-state index >= 15 is 34.4 Å². The number of carbonyl (C=O) groups excluding carboxylic acids is 2. The van der Waals surface area contributed by atoms with Crippen LogP contribution in [0.15, 0.2) is 39.1 Å². The van der Waals surface area contributed by atoms with Crippen LogP contribution in [-0.2, 0) is 36.0 Å². The highest BCUT2D eigenvalue weighted by molar-refractivity contribution is 7.90. The molecule has 4 heterocycles. The van der Waals surface area contributed by atoms with Crippen molar-refractivity contribution in [1.82, 2.24) is 14.3 Å². The molecule has 376 valence electrons. The van der Waals surface area contributed by atoms with Crippen molar-refractivity contribution in [1.29, 1.82) is 0 Å². The second kappa shape index (κ2) is 21.2. The first-order chi connectivity index (χ1) is 32.8. The third-order valence-electron chi connectivity index (χ3n) is 13.6. The molecule has 4 aliphatic heterocycles. The summed E-state index contributed by atoms with van der Waals surface area (Å²) in [4.78, 5) is 32.0. The van der Waals surface area contributed by atoms with Gasteiger partial charge in [-0.1, -0.05) is 66.9 Å². The molecule has 13 nitrogen and oxygen atoms in total. The van der Waals surface area contributed by atoms with Gasteiger partial charge in [0.15, 0.2) is 39.7 Å². The van der Waals surface area contributed by atoms with Gasteiger partial charge in [0.05, 0.1) is 16.6 Å². The zero-order chi connectivity index (χ0) is 50.1. The zero-order valence-electron chi connectivity index (χ0n) is 40.2. The summed E-state index contributed by atoms with van der Waals surface area (Å²) in [6.07, 6.45) is 5.38. The summed E-state index contributed by atoms with van der Waals surface area (Å²) in [6.45, 7) is 14.7. The number of aryl methyl sites for hydroxylation is 1. The molecule has 3 aromatic carbocycles. The van der Waals surface area contributed by atoms with E-state index in [9.17, 15) is 9.59 Å². The van der Waals surface area contributed by atoms with E-state index in [1.165, 1.54) is 19.1 Å². The third kappa shape index (κ3) is 10.2. The minimum absolute atomic E-state index is 0.0157. The number of anilines is 1. The summed E-state index contributed by atoms with van der Waals surface area (Å²) in [6, 6.07) is 1.86. The molecule has 4 aliphatic rings. The Bertz CT molecular complexity index is 2910. The van der Waals surface area contributed by atoms with Crippen LogP contribution in [0.25, 0.3) is 5.57 Å². The van der Waals surface area contributed by atoms with Gasteiger partial charge in [0.1, 0.15) is 11.0 Å². The maximum absolute atomic E-state index is 17.4. The molecule has 0 bridgehead atoms. The van der Waals surface area contributed by atoms with Crippen molar-refractivity contribution in [2.24, 2.45) is 4.99 Å². The smallest absolute Gasteiger partial charge is 0.333 e. The van der Waals surface area contributed by atoms with Gasteiger partial charge in [-0.05, 0) is 81.0 Å². The number of piperidine rings is 1. The molecule has 1 saturated heterocycles. The van der Waals surface area contributed by atoms with E-state index in [1.807, 2.05) is 34.6 Å². The summed E-state index contributed by atoms with van der Waals surface area (Å²) in [5.74, 6) is -11.7. The predicted octanol–water partition coefficient (Wildman–Crippen LogP) is 8.30. The van der Waals surface area contributed by atoms with Crippen molar-refractivity contribution in [3.05, 3.63) is 85.9 Å². The molecule has 3 N–H and O–H groups in total. The number of unbranched alkanes of at least 4 members (excludes halogenated alkanes) is 2. The van der Waals surface area contributed by atoms with Crippen molar-refractivity contribution in [3.8, 4) is 11.5 Å². The van der Waals surface area contributed by atoms with Crippen LogP contribution in [0.5, 0.6) is 11.5 Å². The predicted molar refractivity (Wildman–Crippen MR) is 254 cm³/mol. The van der Waals surface area contributed by atoms with Crippen LogP contribution < -0.4 is 30.1 Å². The summed E-state index contributed by atoms with van der Waals surface area (Å²) in [5.41, 5.74) is -1.91. The number of fused-ring (bicyclic) bond motifs is 4. The Morgan fingerprint density at radius 1 is 0.884 bits per heavy atom. The van der Waals surface area contributed by atoms with Crippen molar-refractivity contribution in [2.75, 3.05) is 31.5 Å². The molecule has 0 saturated carbocycles. The number of likely N-dealkylation sites (tertiary alicyclic amines) is 1. The molecular weight excluding hydrogens is 939 g/mol. The molecule has 0 radical (unpaired) electrons. The minimum atomic E-state index is -4.68. The van der Waals surface area contributed by atoms with Gasteiger partial charge in [-0.2, -0.15) is 0 Å². The lowest BCUT2D eigenvalue weighted by Gasteiger charge is -2.34. The van der Waals surface area contributed by atoms with Gasteiger partial charge in [0.25, 0.3) is 5.91 Å². The molecule has 3 aromatic rings. The Morgan fingerprint density at radius 2 is 1.49 bits per heavy atom. The van der Waals surface area contributed by atoms with Gasteiger partial charge in [0.2, 0.25) is 20.0 Å². The molecule has 0 aliphatic carbocycles. The lowest BCUT2D eigenvalue weighted by Crippen LogP contribution is -2.42. The SMILES string of the molecule is C=C(C)C(=O)OC1CCN(C(=O)c2c(F)c(F)c(F)c(F)c2C2=c3cc4c(c(S(=O)(=O)NC(CC)CCCC)c3Oc3c2cc2c(c3S(=O)(=O)NC(CC)CCCC)NCCC2C)=NCCC4)CC1. The van der Waals surface area contributed by atoms with Gasteiger partial charge in [-0.3, -0.25) is 9.79 Å². The number of rotatable bonds is 18. The zero-order valence-corrected chi connectivity index (χ0v) is 41.8. The first-order valence-electron chi connectivity index (χ1n) is 24.2. The second-order valence-electron chi connectivity index (χ2n) is 18.6. The minimum Gasteiger partial charge on any atom is -0.459 e. The van der Waals surface area contributed by atoms with Crippen molar-refractivity contribution >= 4 is 43.2 Å². The Hall–Kier alpha value is -4.85. The number of hydrogen-bond donors (Lipinski definition) is 3. The molecular formula is C50H63F4N5O8S2. The van der Waals surface area contributed by atoms with E-state index < -0.39 is 111 Å². The molecule has 0 spiro atoms. The van der Waals surface area contributed by atoms with E-state index in [2.05, 4.69) is 26.3 Å². The molecule has 7 rings (SSSR count). The number of hydrogen-bond acceptors (Lipinski definition) is 10. The molecule has 1 amide bonds. The van der Waals surface area contributed by atoms with Gasteiger partial charge >= 0.3 is 5.97 Å². The van der Waals surface area contributed by atoms with E-state index in [4.69, 9.17) is 9.47 Å². The fourth-order valence-electron chi connectivity index (χ4n) is 9.71. The van der Waals surface area contributed by atoms with Crippen LogP contribution >= 0.6 is 0 Å². The Morgan fingerprint density at radius 3 is 2.09 bits per heavy atom. The van der Waals surface area contributed by atoms with Crippen LogP contribution in [0.3, 0.4) is 0 Å². The Labute approximate surface area is 402 Å². The van der Waals surface area contributed by atoms with Crippen LogP contribution in [0, 0.1) is 23.3 Å². The number of benzene rings is 3. The summed E-state index contributed by atoms with van der Waals surface area (Å²) >= 11 is 0. The van der Waals surface area contributed by atoms with Crippen molar-refractivity contribution < 1.29 is 53.5 Å². The fourth-order valence-corrected chi connectivity index (χ4v) is 13.1. The quantitative estimate of drug-likeness (QED) is 0.0292. The highest BCUT2D eigenvalue weighted by Gasteiger charge is 2.43. The molecule has 3 atom stereocenters. The maximum atomic E-state index is 17.4. The first kappa shape index (κ1) is 52.0. The molecule has 1 fully saturated rings. The monoisotopic (exact) mass is 1000 g/mol. The number of nitrogens with one attached hydrogen (secondary N) is 3. The van der Waals surface area contributed by atoms with E-state index in [-0.39, 0.29) is 72.2 Å². The Balaban J connectivity index is 1.61. The standard InChI is InChI=1S/C50H63F4N5O8S2/c1-8-12-16-30(10-3)57-68(62,63)47-43-29(15-14-21-55-43)25-34-36(37-38(40(52)42(54)41(53)39(37)51)49(60)59-23-19-32(20-24-59)66-50(61)27(5)6)35-26-33-28(7)18-22-56-44(33)48(46(35)67-45(34)47)69(64,65)58-31(11-4)17-13-9-2/h25-26,28,30-32,56-58H,5,8-24H2,1-4,6-7H3. The van der Waals surface area contributed by atoms with E-state index in [1.54, 1.807) is 0 Å². The Kier molecular flexibility index (Phi) is 16.0. The highest BCUT2D eigenvalue weighted by Crippen LogP contribution is 2.51. The van der Waals surface area contributed by atoms with E-state index in [0.29, 0.717) is 69.0 Å². The summed E-state index contributed by atoms with van der Waals surface area (Å²) in [5, 5.41) is 3.00. The average Bonchev–Trinajstić information content (AvgIpc) is 3.32. The highest BCUT2D eigenvalue weighted by atomic mass is 32.2. The number of halogens is 4.